The van der Waals surface area contributed by atoms with Crippen molar-refractivity contribution in [3.63, 3.8) is 0 Å². The van der Waals surface area contributed by atoms with Crippen molar-refractivity contribution in [3.05, 3.63) is 65.2 Å². The van der Waals surface area contributed by atoms with E-state index in [-0.39, 0.29) is 11.7 Å². The Morgan fingerprint density at radius 2 is 1.88 bits per heavy atom. The molecule has 24 heavy (non-hydrogen) atoms. The van der Waals surface area contributed by atoms with Crippen LogP contribution in [0.25, 0.3) is 0 Å². The molecule has 0 saturated carbocycles. The highest BCUT2D eigenvalue weighted by Crippen LogP contribution is 2.23. The normalized spacial score (nSPS) is 12.2. The number of pyridine rings is 1. The van der Waals surface area contributed by atoms with Gasteiger partial charge in [-0.05, 0) is 38.2 Å². The molecule has 2 aromatic rings. The van der Waals surface area contributed by atoms with Gasteiger partial charge in [0.25, 0.3) is 0 Å². The Balaban J connectivity index is 2.18. The van der Waals surface area contributed by atoms with Crippen molar-refractivity contribution < 1.29 is 9.18 Å². The van der Waals surface area contributed by atoms with Crippen LogP contribution in [-0.4, -0.2) is 41.8 Å². The summed E-state index contributed by atoms with van der Waals surface area (Å²) in [6, 6.07) is 9.68. The molecule has 0 unspecified atom stereocenters. The Kier molecular flexibility index (Phi) is 6.04. The van der Waals surface area contributed by atoms with Crippen LogP contribution in [0.4, 0.5) is 4.39 Å². The first-order valence-electron chi connectivity index (χ1n) is 8.03. The maximum Gasteiger partial charge on any atom is 0.244 e. The molecule has 0 bridgehead atoms. The molecule has 0 radical (unpaired) electrons. The van der Waals surface area contributed by atoms with Crippen LogP contribution in [0.2, 0.25) is 0 Å². The number of aryl methyl sites for hydroxylation is 1. The van der Waals surface area contributed by atoms with Crippen molar-refractivity contribution in [2.75, 3.05) is 21.1 Å². The third-order valence-corrected chi connectivity index (χ3v) is 4.02. The van der Waals surface area contributed by atoms with Crippen LogP contribution in [0, 0.1) is 5.82 Å². The van der Waals surface area contributed by atoms with E-state index in [1.165, 1.54) is 6.07 Å². The summed E-state index contributed by atoms with van der Waals surface area (Å²) in [5.74, 6) is -0.533. The second kappa shape index (κ2) is 8.02. The number of likely N-dealkylation sites (N-methyl/N-ethyl adjacent to an activating group) is 2. The first-order chi connectivity index (χ1) is 11.4. The van der Waals surface area contributed by atoms with Crippen LogP contribution in [0.15, 0.2) is 42.6 Å². The molecule has 1 amide bonds. The number of aromatic nitrogens is 1. The van der Waals surface area contributed by atoms with Crippen molar-refractivity contribution in [2.24, 2.45) is 0 Å². The van der Waals surface area contributed by atoms with Gasteiger partial charge in [0.15, 0.2) is 0 Å². The second-order valence-electron chi connectivity index (χ2n) is 6.09. The Hall–Kier alpha value is -2.27. The fourth-order valence-corrected chi connectivity index (χ4v) is 2.62. The molecule has 128 valence electrons. The summed E-state index contributed by atoms with van der Waals surface area (Å²) in [4.78, 5) is 20.6. The molecule has 0 N–H and O–H groups in total. The maximum absolute atomic E-state index is 14.1. The highest BCUT2D eigenvalue weighted by molar-refractivity contribution is 5.83. The average molecular weight is 329 g/mol. The van der Waals surface area contributed by atoms with Crippen molar-refractivity contribution in [1.82, 2.24) is 14.8 Å². The fourth-order valence-electron chi connectivity index (χ4n) is 2.62. The minimum atomic E-state index is -0.661. The lowest BCUT2D eigenvalue weighted by atomic mass is 10.0. The number of hydrogen-bond donors (Lipinski definition) is 0. The molecule has 2 rings (SSSR count). The van der Waals surface area contributed by atoms with Crippen LogP contribution < -0.4 is 0 Å². The summed E-state index contributed by atoms with van der Waals surface area (Å²) >= 11 is 0. The number of rotatable bonds is 6. The van der Waals surface area contributed by atoms with Crippen LogP contribution in [0.1, 0.15) is 29.8 Å². The lowest BCUT2D eigenvalue weighted by molar-refractivity contribution is -0.135. The standard InChI is InChI=1S/C19H24FN3O/c1-5-14-10-11-15(21-12-14)13-23(4)19(24)18(22(2)3)16-8-6-7-9-17(16)20/h6-12,18H,5,13H2,1-4H3/t18-/m1/s1. The second-order valence-corrected chi connectivity index (χ2v) is 6.09. The van der Waals surface area contributed by atoms with Crippen molar-refractivity contribution in [3.8, 4) is 0 Å². The zero-order valence-electron chi connectivity index (χ0n) is 14.7. The number of carbonyl (C=O) groups excluding carboxylic acids is 1. The van der Waals surface area contributed by atoms with E-state index in [2.05, 4.69) is 11.9 Å². The summed E-state index contributed by atoms with van der Waals surface area (Å²) < 4.78 is 14.1. The van der Waals surface area contributed by atoms with E-state index in [0.717, 1.165) is 17.7 Å². The SMILES string of the molecule is CCc1ccc(CN(C)C(=O)[C@@H](c2ccccc2F)N(C)C)nc1. The van der Waals surface area contributed by atoms with Gasteiger partial charge in [-0.25, -0.2) is 4.39 Å². The van der Waals surface area contributed by atoms with E-state index in [0.29, 0.717) is 12.1 Å². The number of carbonyl (C=O) groups is 1. The number of benzene rings is 1. The molecule has 1 atom stereocenters. The van der Waals surface area contributed by atoms with E-state index in [1.54, 1.807) is 49.1 Å². The van der Waals surface area contributed by atoms with Crippen LogP contribution in [0.3, 0.4) is 0 Å². The first-order valence-corrected chi connectivity index (χ1v) is 8.03. The van der Waals surface area contributed by atoms with Crippen LogP contribution in [-0.2, 0) is 17.8 Å². The molecular weight excluding hydrogens is 305 g/mol. The average Bonchev–Trinajstić information content (AvgIpc) is 2.57. The van der Waals surface area contributed by atoms with Crippen molar-refractivity contribution in [2.45, 2.75) is 25.9 Å². The van der Waals surface area contributed by atoms with Gasteiger partial charge in [0.05, 0.1) is 12.2 Å². The van der Waals surface area contributed by atoms with E-state index < -0.39 is 6.04 Å². The Labute approximate surface area is 142 Å². The molecule has 5 heteroatoms. The van der Waals surface area contributed by atoms with Gasteiger partial charge in [0.1, 0.15) is 11.9 Å². The van der Waals surface area contributed by atoms with Gasteiger partial charge in [0, 0.05) is 18.8 Å². The lowest BCUT2D eigenvalue weighted by Crippen LogP contribution is -2.38. The van der Waals surface area contributed by atoms with Gasteiger partial charge in [-0.15, -0.1) is 0 Å². The number of hydrogen-bond acceptors (Lipinski definition) is 3. The van der Waals surface area contributed by atoms with Crippen LogP contribution >= 0.6 is 0 Å². The van der Waals surface area contributed by atoms with E-state index in [9.17, 15) is 9.18 Å². The molecule has 1 heterocycles. The predicted octanol–water partition coefficient (Wildman–Crippen LogP) is 3.04. The Morgan fingerprint density at radius 1 is 1.17 bits per heavy atom. The maximum atomic E-state index is 14.1. The van der Waals surface area contributed by atoms with E-state index >= 15 is 0 Å². The monoisotopic (exact) mass is 329 g/mol. The first kappa shape index (κ1) is 18.1. The molecule has 0 aliphatic heterocycles. The summed E-state index contributed by atoms with van der Waals surface area (Å²) in [5.41, 5.74) is 2.35. The molecule has 0 spiro atoms. The topological polar surface area (TPSA) is 36.4 Å². The number of nitrogens with zero attached hydrogens (tertiary/aromatic N) is 3. The Morgan fingerprint density at radius 3 is 2.42 bits per heavy atom. The van der Waals surface area contributed by atoms with Gasteiger partial charge in [-0.2, -0.15) is 0 Å². The minimum absolute atomic E-state index is 0.161. The molecule has 4 nitrogen and oxygen atoms in total. The zero-order chi connectivity index (χ0) is 17.7. The van der Waals surface area contributed by atoms with Crippen LogP contribution in [0.5, 0.6) is 0 Å². The lowest BCUT2D eigenvalue weighted by Gasteiger charge is -2.28. The fraction of sp³-hybridized carbons (Fsp3) is 0.368. The molecule has 0 aliphatic carbocycles. The quantitative estimate of drug-likeness (QED) is 0.817. The van der Waals surface area contributed by atoms with Gasteiger partial charge in [-0.1, -0.05) is 31.2 Å². The van der Waals surface area contributed by atoms with E-state index in [1.807, 2.05) is 18.3 Å². The summed E-state index contributed by atoms with van der Waals surface area (Å²) in [5, 5.41) is 0. The van der Waals surface area contributed by atoms with Gasteiger partial charge in [-0.3, -0.25) is 14.7 Å². The Bertz CT molecular complexity index is 685. The van der Waals surface area contributed by atoms with E-state index in [4.69, 9.17) is 0 Å². The third-order valence-electron chi connectivity index (χ3n) is 4.02. The number of amides is 1. The predicted molar refractivity (Wildman–Crippen MR) is 92.9 cm³/mol. The minimum Gasteiger partial charge on any atom is -0.338 e. The van der Waals surface area contributed by atoms with Gasteiger partial charge < -0.3 is 4.90 Å². The number of halogens is 1. The molecule has 0 fully saturated rings. The highest BCUT2D eigenvalue weighted by Gasteiger charge is 2.28. The summed E-state index contributed by atoms with van der Waals surface area (Å²) in [6.45, 7) is 2.46. The zero-order valence-corrected chi connectivity index (χ0v) is 14.7. The molecule has 1 aromatic carbocycles. The van der Waals surface area contributed by atoms with Crippen molar-refractivity contribution >= 4 is 5.91 Å². The van der Waals surface area contributed by atoms with Gasteiger partial charge in [0.2, 0.25) is 5.91 Å². The molecule has 0 saturated heterocycles. The van der Waals surface area contributed by atoms with Crippen molar-refractivity contribution in [1.29, 1.82) is 0 Å². The highest BCUT2D eigenvalue weighted by atomic mass is 19.1. The summed E-state index contributed by atoms with van der Waals surface area (Å²) in [6.07, 6.45) is 2.76. The molecular formula is C19H24FN3O. The van der Waals surface area contributed by atoms with Gasteiger partial charge >= 0.3 is 0 Å². The largest absolute Gasteiger partial charge is 0.338 e. The summed E-state index contributed by atoms with van der Waals surface area (Å²) in [7, 11) is 5.27. The molecule has 0 aliphatic rings. The smallest absolute Gasteiger partial charge is 0.244 e. The third kappa shape index (κ3) is 4.17. The molecule has 1 aromatic heterocycles.